The minimum atomic E-state index is -0.379. The van der Waals surface area contributed by atoms with E-state index in [9.17, 15) is 9.59 Å². The molecule has 3 N–H and O–H groups in total. The van der Waals surface area contributed by atoms with Gasteiger partial charge in [-0.25, -0.2) is 15.4 Å². The van der Waals surface area contributed by atoms with Crippen molar-refractivity contribution in [2.75, 3.05) is 11.4 Å². The number of benzene rings is 1. The van der Waals surface area contributed by atoms with Crippen LogP contribution in [-0.4, -0.2) is 33.5 Å². The number of allylic oxidation sites excluding steroid dienone is 3. The number of carbonyl (C=O) groups is 2. The van der Waals surface area contributed by atoms with Gasteiger partial charge in [0.15, 0.2) is 0 Å². The van der Waals surface area contributed by atoms with E-state index in [0.717, 1.165) is 43.5 Å². The summed E-state index contributed by atoms with van der Waals surface area (Å²) in [6.45, 7) is 0.524. The highest BCUT2D eigenvalue weighted by atomic mass is 35.5. The molecule has 2 amide bonds. The fourth-order valence-corrected chi connectivity index (χ4v) is 3.66. The number of halogens is 1. The number of rotatable bonds is 11. The maximum absolute atomic E-state index is 12.4. The first-order chi connectivity index (χ1) is 16.1. The van der Waals surface area contributed by atoms with Crippen LogP contribution in [0.2, 0.25) is 5.02 Å². The zero-order valence-electron chi connectivity index (χ0n) is 18.3. The average molecular weight is 470 g/mol. The number of nitrogens with zero attached hydrogens (tertiary/aromatic N) is 3. The predicted molar refractivity (Wildman–Crippen MR) is 127 cm³/mol. The Kier molecular flexibility index (Phi) is 9.41. The lowest BCUT2D eigenvalue weighted by molar-refractivity contribution is -0.129. The molecular formula is C24H28ClN5O3. The maximum Gasteiger partial charge on any atom is 0.254 e. The molecule has 0 unspecified atom stereocenters. The summed E-state index contributed by atoms with van der Waals surface area (Å²) in [6.07, 6.45) is 14.7. The van der Waals surface area contributed by atoms with E-state index in [4.69, 9.17) is 16.8 Å². The zero-order valence-corrected chi connectivity index (χ0v) is 19.1. The van der Waals surface area contributed by atoms with Crippen molar-refractivity contribution >= 4 is 35.1 Å². The Hall–Kier alpha value is -3.23. The summed E-state index contributed by atoms with van der Waals surface area (Å²) in [5.41, 5.74) is 3.70. The van der Waals surface area contributed by atoms with Crippen LogP contribution in [0.3, 0.4) is 0 Å². The average Bonchev–Trinajstić information content (AvgIpc) is 2.85. The second-order valence-electron chi connectivity index (χ2n) is 7.62. The molecule has 0 aliphatic heterocycles. The third-order valence-corrected chi connectivity index (χ3v) is 5.49. The second-order valence-corrected chi connectivity index (χ2v) is 8.03. The summed E-state index contributed by atoms with van der Waals surface area (Å²) in [7, 11) is 0. The molecule has 2 aromatic rings. The van der Waals surface area contributed by atoms with Gasteiger partial charge in [0.1, 0.15) is 0 Å². The molecule has 0 spiro atoms. The van der Waals surface area contributed by atoms with Crippen molar-refractivity contribution in [1.82, 2.24) is 20.8 Å². The van der Waals surface area contributed by atoms with Gasteiger partial charge >= 0.3 is 0 Å². The predicted octanol–water partition coefficient (Wildman–Crippen LogP) is 4.69. The van der Waals surface area contributed by atoms with Gasteiger partial charge in [0.2, 0.25) is 11.9 Å². The molecule has 3 rings (SSSR count). The van der Waals surface area contributed by atoms with Crippen LogP contribution in [0.4, 0.5) is 11.6 Å². The van der Waals surface area contributed by atoms with Crippen LogP contribution < -0.4 is 15.7 Å². The number of nitrogens with one attached hydrogen (secondary N) is 2. The molecule has 8 nitrogen and oxygen atoms in total. The fourth-order valence-electron chi connectivity index (χ4n) is 3.44. The Labute approximate surface area is 198 Å². The minimum Gasteiger partial charge on any atom is -0.352 e. The number of amides is 2. The van der Waals surface area contributed by atoms with Crippen molar-refractivity contribution < 1.29 is 14.8 Å². The lowest BCUT2D eigenvalue weighted by Crippen LogP contribution is -2.25. The van der Waals surface area contributed by atoms with E-state index in [2.05, 4.69) is 27.4 Å². The van der Waals surface area contributed by atoms with Gasteiger partial charge in [-0.15, -0.1) is 0 Å². The maximum atomic E-state index is 12.4. The Morgan fingerprint density at radius 2 is 1.82 bits per heavy atom. The number of carbonyl (C=O) groups excluding carboxylic acids is 2. The van der Waals surface area contributed by atoms with Crippen molar-refractivity contribution in [3.63, 3.8) is 0 Å². The van der Waals surface area contributed by atoms with E-state index in [1.54, 1.807) is 5.48 Å². The van der Waals surface area contributed by atoms with Gasteiger partial charge in [-0.3, -0.25) is 19.7 Å². The molecule has 0 saturated carbocycles. The highest BCUT2D eigenvalue weighted by Crippen LogP contribution is 2.34. The summed E-state index contributed by atoms with van der Waals surface area (Å²) in [5, 5.41) is 11.9. The number of hydrogen-bond acceptors (Lipinski definition) is 6. The van der Waals surface area contributed by atoms with E-state index in [1.165, 1.54) is 12.4 Å². The molecule has 0 radical (unpaired) electrons. The molecule has 0 atom stereocenters. The lowest BCUT2D eigenvalue weighted by atomic mass is 10.1. The summed E-state index contributed by atoms with van der Waals surface area (Å²) in [6, 6.07) is 7.51. The van der Waals surface area contributed by atoms with Gasteiger partial charge < -0.3 is 5.32 Å². The highest BCUT2D eigenvalue weighted by molar-refractivity contribution is 6.33. The number of hydroxylamine groups is 1. The van der Waals surface area contributed by atoms with Crippen LogP contribution in [-0.2, 0) is 4.79 Å². The number of unbranched alkanes of at least 4 members (excludes halogenated alkanes) is 3. The number of para-hydroxylation sites is 1. The van der Waals surface area contributed by atoms with Crippen LogP contribution in [0.1, 0.15) is 55.3 Å². The number of hydrogen-bond donors (Lipinski definition) is 3. The standard InChI is InChI=1S/C24H28ClN5O3/c25-20-12-7-8-13-21(20)30(19-10-4-3-5-11-19)24-27-16-18(17-28-24)23(32)26-15-9-2-1-6-14-22(31)29-33/h4,7-8,10-13,16-17,33H,1-3,5-6,9,14-15H2,(H,26,32)(H,29,31). The first kappa shape index (κ1) is 24.4. The number of aromatic nitrogens is 2. The number of anilines is 2. The van der Waals surface area contributed by atoms with Crippen molar-refractivity contribution in [2.45, 2.75) is 44.9 Å². The summed E-state index contributed by atoms with van der Waals surface area (Å²) in [5.74, 6) is -0.178. The lowest BCUT2D eigenvalue weighted by Gasteiger charge is -2.26. The van der Waals surface area contributed by atoms with Crippen molar-refractivity contribution in [1.29, 1.82) is 0 Å². The molecule has 9 heteroatoms. The molecular weight excluding hydrogens is 442 g/mol. The van der Waals surface area contributed by atoms with Gasteiger partial charge in [-0.05, 0) is 43.9 Å². The molecule has 1 heterocycles. The van der Waals surface area contributed by atoms with Crippen LogP contribution in [0, 0.1) is 0 Å². The van der Waals surface area contributed by atoms with Crippen molar-refractivity contribution in [3.05, 3.63) is 71.2 Å². The molecule has 174 valence electrons. The van der Waals surface area contributed by atoms with Gasteiger partial charge in [-0.2, -0.15) is 0 Å². The van der Waals surface area contributed by atoms with E-state index in [1.807, 2.05) is 35.2 Å². The van der Waals surface area contributed by atoms with Crippen LogP contribution in [0.5, 0.6) is 0 Å². The summed E-state index contributed by atoms with van der Waals surface area (Å²) < 4.78 is 0. The molecule has 1 aliphatic rings. The first-order valence-corrected chi connectivity index (χ1v) is 11.4. The van der Waals surface area contributed by atoms with Gasteiger partial charge in [0.05, 0.1) is 16.3 Å². The second kappa shape index (κ2) is 12.7. The van der Waals surface area contributed by atoms with E-state index in [-0.39, 0.29) is 11.8 Å². The van der Waals surface area contributed by atoms with E-state index in [0.29, 0.717) is 35.9 Å². The quantitative estimate of drug-likeness (QED) is 0.250. The molecule has 1 aromatic carbocycles. The van der Waals surface area contributed by atoms with Gasteiger partial charge in [-0.1, -0.05) is 48.7 Å². The summed E-state index contributed by atoms with van der Waals surface area (Å²) in [4.78, 5) is 34.2. The molecule has 1 aliphatic carbocycles. The van der Waals surface area contributed by atoms with Gasteiger partial charge in [0, 0.05) is 31.1 Å². The van der Waals surface area contributed by atoms with Crippen molar-refractivity contribution in [2.24, 2.45) is 0 Å². The Balaban J connectivity index is 1.59. The Bertz CT molecular complexity index is 1010. The highest BCUT2D eigenvalue weighted by Gasteiger charge is 2.19. The Morgan fingerprint density at radius 3 is 2.52 bits per heavy atom. The van der Waals surface area contributed by atoms with E-state index >= 15 is 0 Å². The third-order valence-electron chi connectivity index (χ3n) is 5.17. The zero-order chi connectivity index (χ0) is 23.5. The topological polar surface area (TPSA) is 107 Å². The van der Waals surface area contributed by atoms with Crippen LogP contribution >= 0.6 is 11.6 Å². The molecule has 1 aromatic heterocycles. The smallest absolute Gasteiger partial charge is 0.254 e. The molecule has 0 fully saturated rings. The Morgan fingerprint density at radius 1 is 1.06 bits per heavy atom. The largest absolute Gasteiger partial charge is 0.352 e. The molecule has 33 heavy (non-hydrogen) atoms. The van der Waals surface area contributed by atoms with Gasteiger partial charge in [0.25, 0.3) is 5.91 Å². The summed E-state index contributed by atoms with van der Waals surface area (Å²) >= 11 is 6.45. The van der Waals surface area contributed by atoms with E-state index < -0.39 is 0 Å². The minimum absolute atomic E-state index is 0.234. The molecule has 0 bridgehead atoms. The normalized spacial score (nSPS) is 12.7. The first-order valence-electron chi connectivity index (χ1n) is 11.0. The van der Waals surface area contributed by atoms with Crippen LogP contribution in [0.15, 0.2) is 60.6 Å². The fraction of sp³-hybridized carbons (Fsp3) is 0.333. The molecule has 0 saturated heterocycles. The third kappa shape index (κ3) is 7.13. The SMILES string of the molecule is O=C(CCCCCCNC(=O)c1cnc(N(C2=CCCC=C2)c2ccccc2Cl)nc1)NO. The van der Waals surface area contributed by atoms with Crippen LogP contribution in [0.25, 0.3) is 0 Å². The monoisotopic (exact) mass is 469 g/mol. The van der Waals surface area contributed by atoms with Crippen molar-refractivity contribution in [3.8, 4) is 0 Å².